The van der Waals surface area contributed by atoms with E-state index in [1.54, 1.807) is 0 Å². The zero-order valence-corrected chi connectivity index (χ0v) is 12.9. The number of hydrogen-bond acceptors (Lipinski definition) is 0. The van der Waals surface area contributed by atoms with Gasteiger partial charge in [0.25, 0.3) is 0 Å². The maximum atomic E-state index is 0. The van der Waals surface area contributed by atoms with E-state index in [9.17, 15) is 0 Å². The maximum Gasteiger partial charge on any atom is 4.00 e. The summed E-state index contributed by atoms with van der Waals surface area (Å²) in [5.41, 5.74) is 0. The van der Waals surface area contributed by atoms with Gasteiger partial charge in [0.1, 0.15) is 0 Å². The summed E-state index contributed by atoms with van der Waals surface area (Å²) in [5, 5.41) is 0. The predicted molar refractivity (Wildman–Crippen MR) is 17.3 cm³/mol. The largest absolute Gasteiger partial charge is 4.00 e. The molecule has 0 aromatic rings. The van der Waals surface area contributed by atoms with Crippen LogP contribution in [0.15, 0.2) is 0 Å². The fraction of sp³-hybridized carbons (Fsp3) is 0. The van der Waals surface area contributed by atoms with Gasteiger partial charge in [-0.25, -0.2) is 0 Å². The van der Waals surface area contributed by atoms with E-state index in [2.05, 4.69) is 0 Å². The van der Waals surface area contributed by atoms with Crippen LogP contribution < -0.4 is 0 Å². The van der Waals surface area contributed by atoms with Crippen molar-refractivity contribution in [1.29, 1.82) is 0 Å². The summed E-state index contributed by atoms with van der Waals surface area (Å²) >= 11 is 0. The molecular formula is AgBiInSn+11. The predicted octanol–water partition coefficient (Wildman–Crippen LogP) is -1.14. The Kier molecular flexibility index (Phi) is 108. The molecule has 0 fully saturated rings. The summed E-state index contributed by atoms with van der Waals surface area (Å²) in [7, 11) is 0. The van der Waals surface area contributed by atoms with Crippen molar-refractivity contribution < 1.29 is 22.4 Å². The van der Waals surface area contributed by atoms with Gasteiger partial charge in [-0.2, -0.15) is 0 Å². The van der Waals surface area contributed by atoms with Crippen LogP contribution in [0.25, 0.3) is 0 Å². The molecule has 0 atom stereocenters. The van der Waals surface area contributed by atoms with E-state index >= 15 is 0 Å². The molecular weight excluding hydrogens is 550 g/mol. The van der Waals surface area contributed by atoms with Crippen LogP contribution in [0.1, 0.15) is 0 Å². The molecule has 4 heteroatoms. The fourth-order valence-electron chi connectivity index (χ4n) is 0. The average molecular weight is 550 g/mol. The van der Waals surface area contributed by atoms with Gasteiger partial charge in [-0.05, 0) is 0 Å². The SMILES string of the molecule is [Ag+].[Bi+3].[In+3].[Sn+4]. The molecule has 4 heavy (non-hydrogen) atoms. The van der Waals surface area contributed by atoms with Crippen molar-refractivity contribution in [3.8, 4) is 0 Å². The minimum absolute atomic E-state index is 0. The Labute approximate surface area is 96.2 Å². The second kappa shape index (κ2) is 16.3. The third-order valence-corrected chi connectivity index (χ3v) is 0. The van der Waals surface area contributed by atoms with Crippen LogP contribution in [0.4, 0.5) is 0 Å². The van der Waals surface area contributed by atoms with Gasteiger partial charge in [0.15, 0.2) is 0 Å². The molecule has 0 nitrogen and oxygen atoms in total. The van der Waals surface area contributed by atoms with Gasteiger partial charge in [-0.3, -0.25) is 0 Å². The van der Waals surface area contributed by atoms with Gasteiger partial charge >= 0.3 is 98.3 Å². The monoisotopic (exact) mass is 551 g/mol. The molecule has 2 radical (unpaired) electrons. The first kappa shape index (κ1) is 26.6. The first-order chi connectivity index (χ1) is 0. The van der Waals surface area contributed by atoms with Crippen molar-refractivity contribution in [2.75, 3.05) is 0 Å². The van der Waals surface area contributed by atoms with E-state index < -0.39 is 0 Å². The van der Waals surface area contributed by atoms with Gasteiger partial charge in [-0.1, -0.05) is 0 Å². The van der Waals surface area contributed by atoms with E-state index in [-0.39, 0.29) is 98.3 Å². The van der Waals surface area contributed by atoms with Crippen LogP contribution in [-0.4, -0.2) is 76.0 Å². The molecule has 0 aliphatic heterocycles. The smallest absolute Gasteiger partial charge is 1.00 e. The molecule has 0 heterocycles. The third kappa shape index (κ3) is 9.00. The van der Waals surface area contributed by atoms with Gasteiger partial charge in [0.05, 0.1) is 0 Å². The van der Waals surface area contributed by atoms with Crippen molar-refractivity contribution in [1.82, 2.24) is 0 Å². The molecule has 0 N–H and O–H groups in total. The Balaban J connectivity index is 0. The molecule has 0 saturated carbocycles. The molecule has 0 amide bonds. The zero-order chi connectivity index (χ0) is 0. The van der Waals surface area contributed by atoms with Crippen LogP contribution in [0.5, 0.6) is 0 Å². The van der Waals surface area contributed by atoms with E-state index in [4.69, 9.17) is 0 Å². The molecule has 12 valence electrons. The van der Waals surface area contributed by atoms with E-state index in [1.807, 2.05) is 0 Å². The normalized spacial score (nSPS) is 0. The summed E-state index contributed by atoms with van der Waals surface area (Å²) in [6, 6.07) is 0. The summed E-state index contributed by atoms with van der Waals surface area (Å²) in [6.45, 7) is 0. The Morgan fingerprint density at radius 2 is 1.00 bits per heavy atom. The van der Waals surface area contributed by atoms with Crippen molar-refractivity contribution >= 4 is 76.0 Å². The Bertz CT molecular complexity index is 8.00. The second-order valence-electron chi connectivity index (χ2n) is 0. The van der Waals surface area contributed by atoms with E-state index in [0.29, 0.717) is 0 Å². The average Bonchev–Trinajstić information content (AvgIpc) is 0. The minimum Gasteiger partial charge on any atom is 1.00 e. The van der Waals surface area contributed by atoms with Crippen LogP contribution in [-0.2, 0) is 22.4 Å². The summed E-state index contributed by atoms with van der Waals surface area (Å²) in [5.74, 6) is 0. The molecule has 0 aromatic heterocycles. The minimum atomic E-state index is 0. The van der Waals surface area contributed by atoms with E-state index in [0.717, 1.165) is 0 Å². The molecule has 0 rings (SSSR count). The van der Waals surface area contributed by atoms with Gasteiger partial charge in [0.2, 0.25) is 0 Å². The zero-order valence-electron chi connectivity index (χ0n) is 1.83. The Morgan fingerprint density at radius 3 is 1.00 bits per heavy atom. The molecule has 0 aliphatic carbocycles. The molecule has 0 bridgehead atoms. The van der Waals surface area contributed by atoms with Crippen molar-refractivity contribution in [2.24, 2.45) is 0 Å². The quantitative estimate of drug-likeness (QED) is 0.335. The van der Waals surface area contributed by atoms with E-state index in [1.165, 1.54) is 0 Å². The Hall–Kier alpha value is 3.29. The first-order valence-corrected chi connectivity index (χ1v) is 0. The molecule has 0 spiro atoms. The van der Waals surface area contributed by atoms with Crippen LogP contribution in [0.3, 0.4) is 0 Å². The Morgan fingerprint density at radius 1 is 1.00 bits per heavy atom. The van der Waals surface area contributed by atoms with Gasteiger partial charge in [0, 0.05) is 0 Å². The summed E-state index contributed by atoms with van der Waals surface area (Å²) < 4.78 is 0. The van der Waals surface area contributed by atoms with Crippen LogP contribution >= 0.6 is 0 Å². The van der Waals surface area contributed by atoms with Crippen molar-refractivity contribution in [3.05, 3.63) is 0 Å². The first-order valence-electron chi connectivity index (χ1n) is 0. The molecule has 0 unspecified atom stereocenters. The molecule has 0 aromatic carbocycles. The molecule has 0 aliphatic rings. The fourth-order valence-corrected chi connectivity index (χ4v) is 0. The maximum absolute atomic E-state index is 0. The standard InChI is InChI=1S/Ag.Bi.In.Sn/q+1;2*+3;+4. The molecule has 0 saturated heterocycles. The third-order valence-electron chi connectivity index (χ3n) is 0. The summed E-state index contributed by atoms with van der Waals surface area (Å²) in [4.78, 5) is 0. The van der Waals surface area contributed by atoms with Gasteiger partial charge < -0.3 is 0 Å². The van der Waals surface area contributed by atoms with Crippen LogP contribution in [0.2, 0.25) is 0 Å². The van der Waals surface area contributed by atoms with Crippen molar-refractivity contribution in [3.63, 3.8) is 0 Å². The van der Waals surface area contributed by atoms with Crippen molar-refractivity contribution in [2.45, 2.75) is 0 Å². The topological polar surface area (TPSA) is 0 Å². The second-order valence-corrected chi connectivity index (χ2v) is 0. The summed E-state index contributed by atoms with van der Waals surface area (Å²) in [6.07, 6.45) is 0. The van der Waals surface area contributed by atoms with Crippen LogP contribution in [0, 0.1) is 0 Å². The number of hydrogen-bond donors (Lipinski definition) is 0. The number of rotatable bonds is 0. The van der Waals surface area contributed by atoms with Gasteiger partial charge in [-0.15, -0.1) is 0 Å².